The van der Waals surface area contributed by atoms with E-state index in [9.17, 15) is 4.39 Å². The van der Waals surface area contributed by atoms with Gasteiger partial charge < -0.3 is 10.0 Å². The minimum Gasteiger partial charge on any atom is -0.392 e. The minimum absolute atomic E-state index is 0.276. The summed E-state index contributed by atoms with van der Waals surface area (Å²) >= 11 is 0. The van der Waals surface area contributed by atoms with Gasteiger partial charge in [-0.3, -0.25) is 0 Å². The highest BCUT2D eigenvalue weighted by atomic mass is 19.1. The molecule has 0 aliphatic heterocycles. The van der Waals surface area contributed by atoms with Gasteiger partial charge in [0.1, 0.15) is 0 Å². The van der Waals surface area contributed by atoms with Gasteiger partial charge in [0.05, 0.1) is 6.61 Å². The van der Waals surface area contributed by atoms with E-state index < -0.39 is 0 Å². The maximum Gasteiger partial charge on any atom is 0.171 e. The monoisotopic (exact) mass is 238 g/mol. The minimum atomic E-state index is -0.373. The van der Waals surface area contributed by atoms with Crippen LogP contribution in [0.4, 0.5) is 10.2 Å². The van der Waals surface area contributed by atoms with Crippen LogP contribution in [0.15, 0.2) is 12.3 Å². The molecule has 2 rings (SSSR count). The predicted octanol–water partition coefficient (Wildman–Crippen LogP) is 2.34. The van der Waals surface area contributed by atoms with Gasteiger partial charge in [0.2, 0.25) is 0 Å². The number of anilines is 1. The standard InChI is InChI=1S/C13H19FN2O/c1-9(2)7-16(11-3-4-11)13-12(14)10(8-17)5-6-15-13/h5-6,9,11,17H,3-4,7-8H2,1-2H3. The summed E-state index contributed by atoms with van der Waals surface area (Å²) in [6.45, 7) is 4.76. The second-order valence-corrected chi connectivity index (χ2v) is 5.04. The molecule has 0 unspecified atom stereocenters. The number of nitrogens with zero attached hydrogens (tertiary/aromatic N) is 2. The number of hydrogen-bond donors (Lipinski definition) is 1. The van der Waals surface area contributed by atoms with Gasteiger partial charge in [0.25, 0.3) is 0 Å². The van der Waals surface area contributed by atoms with Crippen LogP contribution < -0.4 is 4.90 Å². The lowest BCUT2D eigenvalue weighted by Crippen LogP contribution is -2.31. The normalized spacial score (nSPS) is 15.4. The van der Waals surface area contributed by atoms with Gasteiger partial charge in [-0.2, -0.15) is 0 Å². The molecule has 0 bridgehead atoms. The average molecular weight is 238 g/mol. The van der Waals surface area contributed by atoms with Crippen molar-refractivity contribution in [3.63, 3.8) is 0 Å². The fraction of sp³-hybridized carbons (Fsp3) is 0.615. The van der Waals surface area contributed by atoms with E-state index in [2.05, 4.69) is 18.8 Å². The number of aromatic nitrogens is 1. The van der Waals surface area contributed by atoms with Crippen molar-refractivity contribution in [2.24, 2.45) is 5.92 Å². The fourth-order valence-electron chi connectivity index (χ4n) is 1.98. The van der Waals surface area contributed by atoms with E-state index in [4.69, 9.17) is 5.11 Å². The molecule has 1 fully saturated rings. The highest BCUT2D eigenvalue weighted by molar-refractivity contribution is 5.45. The molecule has 1 heterocycles. The first-order chi connectivity index (χ1) is 8.13. The largest absolute Gasteiger partial charge is 0.392 e. The van der Waals surface area contributed by atoms with Crippen molar-refractivity contribution < 1.29 is 9.50 Å². The summed E-state index contributed by atoms with van der Waals surface area (Å²) in [5, 5.41) is 9.07. The molecule has 0 aromatic carbocycles. The Morgan fingerprint density at radius 3 is 2.76 bits per heavy atom. The molecule has 1 aliphatic rings. The van der Waals surface area contributed by atoms with Crippen molar-refractivity contribution >= 4 is 5.82 Å². The van der Waals surface area contributed by atoms with E-state index in [0.29, 0.717) is 23.3 Å². The molecule has 1 N–H and O–H groups in total. The molecule has 1 aromatic heterocycles. The van der Waals surface area contributed by atoms with Crippen LogP contribution in [0.2, 0.25) is 0 Å². The fourth-order valence-corrected chi connectivity index (χ4v) is 1.98. The van der Waals surface area contributed by atoms with E-state index in [1.54, 1.807) is 6.20 Å². The maximum atomic E-state index is 14.1. The molecule has 94 valence electrons. The molecule has 0 saturated heterocycles. The van der Waals surface area contributed by atoms with Crippen molar-refractivity contribution in [2.75, 3.05) is 11.4 Å². The van der Waals surface area contributed by atoms with Crippen molar-refractivity contribution in [3.05, 3.63) is 23.6 Å². The Morgan fingerprint density at radius 2 is 2.24 bits per heavy atom. The SMILES string of the molecule is CC(C)CN(c1nccc(CO)c1F)C1CC1. The number of aliphatic hydroxyl groups excluding tert-OH is 1. The quantitative estimate of drug-likeness (QED) is 0.855. The van der Waals surface area contributed by atoms with Crippen LogP contribution >= 0.6 is 0 Å². The zero-order valence-corrected chi connectivity index (χ0v) is 10.4. The molecule has 0 spiro atoms. The number of hydrogen-bond acceptors (Lipinski definition) is 3. The first-order valence-corrected chi connectivity index (χ1v) is 6.14. The van der Waals surface area contributed by atoms with Crippen LogP contribution in [-0.4, -0.2) is 22.7 Å². The summed E-state index contributed by atoms with van der Waals surface area (Å²) in [5.41, 5.74) is 0.324. The lowest BCUT2D eigenvalue weighted by Gasteiger charge is -2.26. The molecule has 17 heavy (non-hydrogen) atoms. The number of rotatable bonds is 5. The van der Waals surface area contributed by atoms with E-state index in [0.717, 1.165) is 19.4 Å². The van der Waals surface area contributed by atoms with Gasteiger partial charge in [-0.15, -0.1) is 0 Å². The van der Waals surface area contributed by atoms with E-state index in [-0.39, 0.29) is 12.4 Å². The summed E-state index contributed by atoms with van der Waals surface area (Å²) in [4.78, 5) is 6.18. The Bertz CT molecular complexity index is 391. The Hall–Kier alpha value is -1.16. The first kappa shape index (κ1) is 12.3. The van der Waals surface area contributed by atoms with Gasteiger partial charge >= 0.3 is 0 Å². The van der Waals surface area contributed by atoms with Crippen LogP contribution in [0.3, 0.4) is 0 Å². The lowest BCUT2D eigenvalue weighted by atomic mass is 10.2. The molecule has 0 amide bonds. The molecule has 4 heteroatoms. The molecule has 1 saturated carbocycles. The number of pyridine rings is 1. The van der Waals surface area contributed by atoms with Crippen molar-refractivity contribution in [3.8, 4) is 0 Å². The zero-order valence-electron chi connectivity index (χ0n) is 10.4. The van der Waals surface area contributed by atoms with Gasteiger partial charge in [-0.1, -0.05) is 13.8 Å². The third-order valence-electron chi connectivity index (χ3n) is 2.94. The Morgan fingerprint density at radius 1 is 1.53 bits per heavy atom. The van der Waals surface area contributed by atoms with E-state index >= 15 is 0 Å². The van der Waals surface area contributed by atoms with Crippen molar-refractivity contribution in [1.29, 1.82) is 0 Å². The highest BCUT2D eigenvalue weighted by Crippen LogP contribution is 2.33. The maximum absolute atomic E-state index is 14.1. The van der Waals surface area contributed by atoms with Gasteiger partial charge in [0, 0.05) is 24.3 Å². The third-order valence-corrected chi connectivity index (χ3v) is 2.94. The molecule has 0 atom stereocenters. The van der Waals surface area contributed by atoms with Crippen LogP contribution in [0, 0.1) is 11.7 Å². The predicted molar refractivity (Wildman–Crippen MR) is 65.3 cm³/mol. The molecule has 1 aromatic rings. The van der Waals surface area contributed by atoms with Gasteiger partial charge in [-0.25, -0.2) is 9.37 Å². The Kier molecular flexibility index (Phi) is 3.62. The van der Waals surface area contributed by atoms with Gasteiger partial charge in [0.15, 0.2) is 11.6 Å². The van der Waals surface area contributed by atoms with E-state index in [1.807, 2.05) is 4.90 Å². The first-order valence-electron chi connectivity index (χ1n) is 6.14. The second-order valence-electron chi connectivity index (χ2n) is 5.04. The van der Waals surface area contributed by atoms with Crippen molar-refractivity contribution in [1.82, 2.24) is 4.98 Å². The number of halogens is 1. The summed E-state index contributed by atoms with van der Waals surface area (Å²) < 4.78 is 14.1. The molecular weight excluding hydrogens is 219 g/mol. The van der Waals surface area contributed by atoms with Crippen LogP contribution in [0.5, 0.6) is 0 Å². The lowest BCUT2D eigenvalue weighted by molar-refractivity contribution is 0.275. The van der Waals surface area contributed by atoms with Crippen LogP contribution in [0.1, 0.15) is 32.3 Å². The molecular formula is C13H19FN2O. The molecule has 1 aliphatic carbocycles. The smallest absolute Gasteiger partial charge is 0.171 e. The molecule has 3 nitrogen and oxygen atoms in total. The average Bonchev–Trinajstić information content (AvgIpc) is 3.10. The Labute approximate surface area is 101 Å². The third kappa shape index (κ3) is 2.75. The summed E-state index contributed by atoms with van der Waals surface area (Å²) in [7, 11) is 0. The number of aliphatic hydroxyl groups is 1. The van der Waals surface area contributed by atoms with Crippen LogP contribution in [0.25, 0.3) is 0 Å². The molecule has 0 radical (unpaired) electrons. The van der Waals surface area contributed by atoms with Gasteiger partial charge in [-0.05, 0) is 24.8 Å². The summed E-state index contributed by atoms with van der Waals surface area (Å²) in [5.74, 6) is 0.491. The topological polar surface area (TPSA) is 36.4 Å². The summed E-state index contributed by atoms with van der Waals surface area (Å²) in [6.07, 6.45) is 3.79. The summed E-state index contributed by atoms with van der Waals surface area (Å²) in [6, 6.07) is 1.95. The second kappa shape index (κ2) is 5.00. The van der Waals surface area contributed by atoms with Crippen LogP contribution in [-0.2, 0) is 6.61 Å². The zero-order chi connectivity index (χ0) is 12.4. The van der Waals surface area contributed by atoms with Crippen molar-refractivity contribution in [2.45, 2.75) is 39.3 Å². The highest BCUT2D eigenvalue weighted by Gasteiger charge is 2.32. The van der Waals surface area contributed by atoms with E-state index in [1.165, 1.54) is 6.07 Å². The Balaban J connectivity index is 2.28.